The molecule has 0 unspecified atom stereocenters. The van der Waals surface area contributed by atoms with Gasteiger partial charge in [-0.25, -0.2) is 0 Å². The van der Waals surface area contributed by atoms with Crippen molar-refractivity contribution in [3.8, 4) is 0 Å². The molecule has 0 atom stereocenters. The molecule has 0 saturated carbocycles. The van der Waals surface area contributed by atoms with Crippen LogP contribution in [-0.4, -0.2) is 16.8 Å². The minimum atomic E-state index is -0.232. The molecular formula is C22H19N3O2. The number of amides is 2. The van der Waals surface area contributed by atoms with Crippen molar-refractivity contribution in [2.45, 2.75) is 6.54 Å². The van der Waals surface area contributed by atoms with Crippen molar-refractivity contribution in [2.75, 3.05) is 5.32 Å². The fourth-order valence-electron chi connectivity index (χ4n) is 2.48. The molecule has 0 aliphatic carbocycles. The Bertz CT molecular complexity index is 938. The molecule has 2 amide bonds. The van der Waals surface area contributed by atoms with E-state index in [-0.39, 0.29) is 11.8 Å². The van der Waals surface area contributed by atoms with Gasteiger partial charge in [-0.15, -0.1) is 0 Å². The summed E-state index contributed by atoms with van der Waals surface area (Å²) in [6.45, 7) is 0.298. The van der Waals surface area contributed by atoms with Crippen LogP contribution in [0.5, 0.6) is 0 Å². The second-order valence-corrected chi connectivity index (χ2v) is 5.81. The van der Waals surface area contributed by atoms with Gasteiger partial charge in [0.25, 0.3) is 5.91 Å². The number of carbonyl (C=O) groups excluding carboxylic acids is 2. The molecule has 0 radical (unpaired) electrons. The van der Waals surface area contributed by atoms with Gasteiger partial charge in [0.2, 0.25) is 5.91 Å². The summed E-state index contributed by atoms with van der Waals surface area (Å²) in [4.78, 5) is 28.3. The minimum Gasteiger partial charge on any atom is -0.348 e. The van der Waals surface area contributed by atoms with Crippen molar-refractivity contribution < 1.29 is 9.59 Å². The monoisotopic (exact) mass is 357 g/mol. The first kappa shape index (κ1) is 18.1. The first-order chi connectivity index (χ1) is 13.2. The van der Waals surface area contributed by atoms with Crippen LogP contribution in [-0.2, 0) is 11.3 Å². The third-order valence-electron chi connectivity index (χ3n) is 3.87. The van der Waals surface area contributed by atoms with Gasteiger partial charge in [-0.2, -0.15) is 0 Å². The number of pyridine rings is 1. The predicted octanol–water partition coefficient (Wildman–Crippen LogP) is 3.66. The highest BCUT2D eigenvalue weighted by atomic mass is 16.2. The first-order valence-corrected chi connectivity index (χ1v) is 8.52. The molecule has 3 rings (SSSR count). The van der Waals surface area contributed by atoms with Gasteiger partial charge in [-0.05, 0) is 35.4 Å². The second kappa shape index (κ2) is 9.10. The van der Waals surface area contributed by atoms with Gasteiger partial charge in [0, 0.05) is 30.7 Å². The lowest BCUT2D eigenvalue weighted by molar-refractivity contribution is -0.111. The molecule has 5 heteroatoms. The van der Waals surface area contributed by atoms with E-state index in [2.05, 4.69) is 15.6 Å². The number of carbonyl (C=O) groups is 2. The Hall–Kier alpha value is -3.73. The molecule has 2 aromatic carbocycles. The molecule has 0 spiro atoms. The molecule has 0 saturated heterocycles. The normalized spacial score (nSPS) is 10.5. The van der Waals surface area contributed by atoms with Gasteiger partial charge in [-0.3, -0.25) is 14.6 Å². The van der Waals surface area contributed by atoms with E-state index in [0.717, 1.165) is 11.1 Å². The third-order valence-corrected chi connectivity index (χ3v) is 3.87. The van der Waals surface area contributed by atoms with E-state index in [1.807, 2.05) is 48.5 Å². The highest BCUT2D eigenvalue weighted by Crippen LogP contribution is 2.15. The molecule has 1 aromatic heterocycles. The van der Waals surface area contributed by atoms with Crippen LogP contribution < -0.4 is 10.6 Å². The van der Waals surface area contributed by atoms with Gasteiger partial charge in [0.1, 0.15) is 0 Å². The van der Waals surface area contributed by atoms with Crippen LogP contribution in [0, 0.1) is 0 Å². The quantitative estimate of drug-likeness (QED) is 0.661. The topological polar surface area (TPSA) is 71.1 Å². The smallest absolute Gasteiger partial charge is 0.253 e. The van der Waals surface area contributed by atoms with E-state index in [1.165, 1.54) is 12.3 Å². The van der Waals surface area contributed by atoms with E-state index in [1.54, 1.807) is 30.5 Å². The number of hydrogen-bond acceptors (Lipinski definition) is 3. The minimum absolute atomic E-state index is 0.215. The van der Waals surface area contributed by atoms with Crippen molar-refractivity contribution in [3.05, 3.63) is 102 Å². The molecule has 3 aromatic rings. The number of hydrogen-bond donors (Lipinski definition) is 2. The number of anilines is 1. The molecule has 27 heavy (non-hydrogen) atoms. The molecule has 0 aliphatic heterocycles. The molecule has 134 valence electrons. The van der Waals surface area contributed by atoms with E-state index in [4.69, 9.17) is 0 Å². The van der Waals surface area contributed by atoms with E-state index in [9.17, 15) is 9.59 Å². The summed E-state index contributed by atoms with van der Waals surface area (Å²) in [6, 6.07) is 20.4. The van der Waals surface area contributed by atoms with Crippen LogP contribution in [0.4, 0.5) is 5.69 Å². The summed E-state index contributed by atoms with van der Waals surface area (Å²) in [7, 11) is 0. The van der Waals surface area contributed by atoms with Gasteiger partial charge in [-0.1, -0.05) is 48.5 Å². The van der Waals surface area contributed by atoms with Crippen LogP contribution in [0.2, 0.25) is 0 Å². The lowest BCUT2D eigenvalue weighted by atomic mass is 10.1. The summed E-state index contributed by atoms with van der Waals surface area (Å²) >= 11 is 0. The average Bonchev–Trinajstić information content (AvgIpc) is 2.73. The number of benzene rings is 2. The fourth-order valence-corrected chi connectivity index (χ4v) is 2.48. The zero-order valence-corrected chi connectivity index (χ0v) is 14.6. The number of nitrogens with zero attached hydrogens (tertiary/aromatic N) is 1. The molecule has 5 nitrogen and oxygen atoms in total. The lowest BCUT2D eigenvalue weighted by Gasteiger charge is -2.11. The van der Waals surface area contributed by atoms with Crippen LogP contribution in [0.15, 0.2) is 85.2 Å². The zero-order valence-electron chi connectivity index (χ0n) is 14.6. The first-order valence-electron chi connectivity index (χ1n) is 8.52. The fraction of sp³-hybridized carbons (Fsp3) is 0.0455. The molecule has 1 heterocycles. The number of para-hydroxylation sites is 1. The van der Waals surface area contributed by atoms with Crippen molar-refractivity contribution in [2.24, 2.45) is 0 Å². The van der Waals surface area contributed by atoms with Crippen molar-refractivity contribution in [1.82, 2.24) is 10.3 Å². The number of rotatable bonds is 6. The Morgan fingerprint density at radius 3 is 2.48 bits per heavy atom. The predicted molar refractivity (Wildman–Crippen MR) is 106 cm³/mol. The summed E-state index contributed by atoms with van der Waals surface area (Å²) in [5.74, 6) is -0.446. The molecule has 0 fully saturated rings. The maximum absolute atomic E-state index is 12.2. The Morgan fingerprint density at radius 1 is 0.926 bits per heavy atom. The average molecular weight is 357 g/mol. The molecule has 0 aliphatic rings. The van der Waals surface area contributed by atoms with Gasteiger partial charge in [0.15, 0.2) is 0 Å². The Balaban J connectivity index is 1.62. The van der Waals surface area contributed by atoms with E-state index < -0.39 is 0 Å². The van der Waals surface area contributed by atoms with Crippen LogP contribution in [0.1, 0.15) is 21.5 Å². The van der Waals surface area contributed by atoms with Crippen LogP contribution in [0.3, 0.4) is 0 Å². The van der Waals surface area contributed by atoms with Crippen molar-refractivity contribution in [3.63, 3.8) is 0 Å². The largest absolute Gasteiger partial charge is 0.348 e. The van der Waals surface area contributed by atoms with Gasteiger partial charge in [0.05, 0.1) is 5.56 Å². The highest BCUT2D eigenvalue weighted by molar-refractivity contribution is 6.02. The lowest BCUT2D eigenvalue weighted by Crippen LogP contribution is -2.23. The van der Waals surface area contributed by atoms with Gasteiger partial charge >= 0.3 is 0 Å². The number of aromatic nitrogens is 1. The van der Waals surface area contributed by atoms with E-state index in [0.29, 0.717) is 17.8 Å². The summed E-state index contributed by atoms with van der Waals surface area (Å²) in [6.07, 6.45) is 6.37. The summed E-state index contributed by atoms with van der Waals surface area (Å²) < 4.78 is 0. The Kier molecular flexibility index (Phi) is 6.09. The maximum atomic E-state index is 12.2. The molecule has 0 bridgehead atoms. The maximum Gasteiger partial charge on any atom is 0.253 e. The zero-order chi connectivity index (χ0) is 18.9. The van der Waals surface area contributed by atoms with E-state index >= 15 is 0 Å². The Morgan fingerprint density at radius 2 is 1.70 bits per heavy atom. The SMILES string of the molecule is O=C(/C=C/c1ccccc1)Nc1ccccc1CNC(=O)c1cccnc1. The van der Waals surface area contributed by atoms with Crippen LogP contribution >= 0.6 is 0 Å². The molecule has 2 N–H and O–H groups in total. The standard InChI is InChI=1S/C22H19N3O2/c26-21(13-12-17-7-2-1-3-8-17)25-20-11-5-4-9-18(20)16-24-22(27)19-10-6-14-23-15-19/h1-15H,16H2,(H,24,27)(H,25,26)/b13-12+. The number of nitrogens with one attached hydrogen (secondary N) is 2. The summed E-state index contributed by atoms with van der Waals surface area (Å²) in [5.41, 5.74) is 2.91. The summed E-state index contributed by atoms with van der Waals surface area (Å²) in [5, 5.41) is 5.69. The molecular weight excluding hydrogens is 338 g/mol. The van der Waals surface area contributed by atoms with Crippen molar-refractivity contribution >= 4 is 23.6 Å². The highest BCUT2D eigenvalue weighted by Gasteiger charge is 2.08. The third kappa shape index (κ3) is 5.37. The second-order valence-electron chi connectivity index (χ2n) is 5.81. The van der Waals surface area contributed by atoms with Gasteiger partial charge < -0.3 is 10.6 Å². The Labute approximate surface area is 157 Å². The van der Waals surface area contributed by atoms with Crippen molar-refractivity contribution in [1.29, 1.82) is 0 Å². The van der Waals surface area contributed by atoms with Crippen LogP contribution in [0.25, 0.3) is 6.08 Å².